The summed E-state index contributed by atoms with van der Waals surface area (Å²) in [5.74, 6) is 1.86. The molecular weight excluding hydrogens is 609 g/mol. The Labute approximate surface area is 279 Å². The predicted octanol–water partition coefficient (Wildman–Crippen LogP) is 9.97. The lowest BCUT2D eigenvalue weighted by Crippen LogP contribution is -2.25. The molecule has 0 bridgehead atoms. The number of benzene rings is 6. The fourth-order valence-electron chi connectivity index (χ4n) is 7.98. The molecule has 10 aromatic rings. The lowest BCUT2D eigenvalue weighted by Gasteiger charge is -2.36. The molecule has 0 N–H and O–H groups in total. The smallest absolute Gasteiger partial charge is 0.220 e. The molecule has 0 saturated carbocycles. The molecule has 228 valence electrons. The van der Waals surface area contributed by atoms with Crippen molar-refractivity contribution in [2.24, 2.45) is 0 Å². The van der Waals surface area contributed by atoms with Crippen LogP contribution in [0.4, 0.5) is 0 Å². The standard InChI is InChI=1S/C41H28N6S/c1-41(2)26-12-11-21-36(47-35-20-10-9-19-34(35)46-31-16-6-4-14-29(31)43-40(46)47)38(26)48-37-23-22-25(24-27(37)41)44-32-17-7-8-18-33(32)45-30-15-5-3-13-28(30)42-39(44)45/h3-24H,1-2H3. The molecule has 4 aromatic heterocycles. The van der Waals surface area contributed by atoms with Gasteiger partial charge in [0, 0.05) is 20.9 Å². The molecule has 0 unspecified atom stereocenters. The van der Waals surface area contributed by atoms with Gasteiger partial charge in [-0.25, -0.2) is 9.97 Å². The molecular formula is C41H28N6S. The molecule has 6 aromatic carbocycles. The zero-order chi connectivity index (χ0) is 31.7. The first-order chi connectivity index (χ1) is 23.6. The summed E-state index contributed by atoms with van der Waals surface area (Å²) in [6.45, 7) is 4.72. The van der Waals surface area contributed by atoms with Gasteiger partial charge in [-0.1, -0.05) is 86.3 Å². The maximum atomic E-state index is 5.17. The van der Waals surface area contributed by atoms with Crippen LogP contribution in [0.25, 0.3) is 67.1 Å². The lowest BCUT2D eigenvalue weighted by molar-refractivity contribution is 0.605. The Morgan fingerprint density at radius 3 is 1.69 bits per heavy atom. The van der Waals surface area contributed by atoms with E-state index in [4.69, 9.17) is 9.97 Å². The molecule has 6 nitrogen and oxygen atoms in total. The van der Waals surface area contributed by atoms with Crippen molar-refractivity contribution in [2.45, 2.75) is 29.1 Å². The van der Waals surface area contributed by atoms with Gasteiger partial charge in [-0.15, -0.1) is 0 Å². The Balaban J connectivity index is 1.13. The van der Waals surface area contributed by atoms with Crippen LogP contribution in [0.15, 0.2) is 143 Å². The average Bonchev–Trinajstić information content (AvgIpc) is 3.84. The molecule has 0 atom stereocenters. The van der Waals surface area contributed by atoms with Gasteiger partial charge in [0.2, 0.25) is 11.6 Å². The van der Waals surface area contributed by atoms with Crippen LogP contribution < -0.4 is 0 Å². The van der Waals surface area contributed by atoms with Crippen molar-refractivity contribution < 1.29 is 0 Å². The molecule has 0 fully saturated rings. The van der Waals surface area contributed by atoms with Crippen molar-refractivity contribution in [3.63, 3.8) is 0 Å². The van der Waals surface area contributed by atoms with Crippen LogP contribution in [0.5, 0.6) is 0 Å². The molecule has 1 aliphatic rings. The van der Waals surface area contributed by atoms with E-state index in [1.165, 1.54) is 20.9 Å². The SMILES string of the molecule is CC1(C)c2cc(-n3c4ccccc4n4c5ccccc5nc34)ccc2Sc2c(-n3c4ccccc4n4c5ccccc5nc34)cccc21. The normalized spacial score (nSPS) is 14.1. The number of hydrogen-bond donors (Lipinski definition) is 0. The molecule has 0 amide bonds. The van der Waals surface area contributed by atoms with Gasteiger partial charge in [0.15, 0.2) is 0 Å². The number of nitrogens with zero attached hydrogens (tertiary/aromatic N) is 6. The number of fused-ring (bicyclic) bond motifs is 12. The molecule has 0 radical (unpaired) electrons. The van der Waals surface area contributed by atoms with E-state index in [1.807, 2.05) is 11.8 Å². The van der Waals surface area contributed by atoms with Gasteiger partial charge in [0.1, 0.15) is 0 Å². The summed E-state index contributed by atoms with van der Waals surface area (Å²) in [5, 5.41) is 0. The van der Waals surface area contributed by atoms with Gasteiger partial charge in [0.05, 0.1) is 49.8 Å². The monoisotopic (exact) mass is 636 g/mol. The maximum Gasteiger partial charge on any atom is 0.220 e. The van der Waals surface area contributed by atoms with E-state index in [-0.39, 0.29) is 5.41 Å². The Hall–Kier alpha value is -5.79. The third-order valence-corrected chi connectivity index (χ3v) is 11.4. The second-order valence-electron chi connectivity index (χ2n) is 13.2. The first kappa shape index (κ1) is 26.3. The molecule has 1 aliphatic heterocycles. The number of rotatable bonds is 2. The zero-order valence-electron chi connectivity index (χ0n) is 26.3. The Morgan fingerprint density at radius 1 is 0.500 bits per heavy atom. The lowest BCUT2D eigenvalue weighted by atomic mass is 9.77. The van der Waals surface area contributed by atoms with Crippen molar-refractivity contribution in [3.05, 3.63) is 145 Å². The second-order valence-corrected chi connectivity index (χ2v) is 14.2. The fraction of sp³-hybridized carbons (Fsp3) is 0.0732. The largest absolute Gasteiger partial charge is 0.278 e. The topological polar surface area (TPSA) is 44.5 Å². The molecule has 48 heavy (non-hydrogen) atoms. The Bertz CT molecular complexity index is 2970. The highest BCUT2D eigenvalue weighted by molar-refractivity contribution is 7.99. The highest BCUT2D eigenvalue weighted by Gasteiger charge is 2.36. The number of imidazole rings is 4. The van der Waals surface area contributed by atoms with Crippen LogP contribution in [-0.4, -0.2) is 27.9 Å². The maximum absolute atomic E-state index is 5.17. The summed E-state index contributed by atoms with van der Waals surface area (Å²) in [5.41, 5.74) is 13.5. The van der Waals surface area contributed by atoms with Gasteiger partial charge in [0.25, 0.3) is 0 Å². The van der Waals surface area contributed by atoms with Crippen LogP contribution in [0, 0.1) is 0 Å². The molecule has 11 rings (SSSR count). The van der Waals surface area contributed by atoms with Crippen LogP contribution in [-0.2, 0) is 5.41 Å². The quantitative estimate of drug-likeness (QED) is 0.190. The Morgan fingerprint density at radius 2 is 1.04 bits per heavy atom. The average molecular weight is 637 g/mol. The van der Waals surface area contributed by atoms with E-state index in [1.54, 1.807) is 0 Å². The summed E-state index contributed by atoms with van der Waals surface area (Å²) in [7, 11) is 0. The molecule has 0 spiro atoms. The third-order valence-electron chi connectivity index (χ3n) is 10.2. The summed E-state index contributed by atoms with van der Waals surface area (Å²) >= 11 is 1.86. The minimum atomic E-state index is -0.249. The Kier molecular flexibility index (Phi) is 5.03. The highest BCUT2D eigenvalue weighted by atomic mass is 32.2. The zero-order valence-corrected chi connectivity index (χ0v) is 27.1. The highest BCUT2D eigenvalue weighted by Crippen LogP contribution is 2.52. The van der Waals surface area contributed by atoms with Gasteiger partial charge in [-0.3, -0.25) is 17.9 Å². The van der Waals surface area contributed by atoms with E-state index in [9.17, 15) is 0 Å². The van der Waals surface area contributed by atoms with Crippen molar-refractivity contribution >= 4 is 67.5 Å². The molecule has 0 saturated heterocycles. The number of aromatic nitrogens is 6. The summed E-state index contributed by atoms with van der Waals surface area (Å²) in [4.78, 5) is 12.8. The van der Waals surface area contributed by atoms with Crippen LogP contribution >= 0.6 is 11.8 Å². The van der Waals surface area contributed by atoms with E-state index in [2.05, 4.69) is 165 Å². The van der Waals surface area contributed by atoms with Crippen LogP contribution in [0.2, 0.25) is 0 Å². The van der Waals surface area contributed by atoms with E-state index in [0.717, 1.165) is 67.1 Å². The van der Waals surface area contributed by atoms with E-state index >= 15 is 0 Å². The van der Waals surface area contributed by atoms with Crippen LogP contribution in [0.1, 0.15) is 25.0 Å². The summed E-state index contributed by atoms with van der Waals surface area (Å²) in [6.07, 6.45) is 0. The summed E-state index contributed by atoms with van der Waals surface area (Å²) < 4.78 is 9.24. The molecule has 7 heteroatoms. The summed E-state index contributed by atoms with van der Waals surface area (Å²) in [6, 6.07) is 47.7. The van der Waals surface area contributed by atoms with Crippen molar-refractivity contribution in [2.75, 3.05) is 0 Å². The second kappa shape index (κ2) is 9.18. The number of para-hydroxylation sites is 8. The molecule has 5 heterocycles. The first-order valence-electron chi connectivity index (χ1n) is 16.3. The minimum Gasteiger partial charge on any atom is -0.278 e. The molecule has 0 aliphatic carbocycles. The third kappa shape index (κ3) is 3.28. The van der Waals surface area contributed by atoms with E-state index in [0.29, 0.717) is 0 Å². The van der Waals surface area contributed by atoms with Crippen LogP contribution in [0.3, 0.4) is 0 Å². The number of hydrogen-bond acceptors (Lipinski definition) is 3. The van der Waals surface area contributed by atoms with Crippen molar-refractivity contribution in [1.82, 2.24) is 27.9 Å². The van der Waals surface area contributed by atoms with Gasteiger partial charge in [-0.2, -0.15) is 0 Å². The van der Waals surface area contributed by atoms with Gasteiger partial charge < -0.3 is 0 Å². The van der Waals surface area contributed by atoms with Gasteiger partial charge >= 0.3 is 0 Å². The van der Waals surface area contributed by atoms with Crippen molar-refractivity contribution in [3.8, 4) is 11.4 Å². The van der Waals surface area contributed by atoms with E-state index < -0.39 is 0 Å². The minimum absolute atomic E-state index is 0.249. The first-order valence-corrected chi connectivity index (χ1v) is 17.1. The van der Waals surface area contributed by atoms with Crippen molar-refractivity contribution in [1.29, 1.82) is 0 Å². The predicted molar refractivity (Wildman–Crippen MR) is 195 cm³/mol. The van der Waals surface area contributed by atoms with Gasteiger partial charge in [-0.05, 0) is 83.9 Å². The fourth-order valence-corrected chi connectivity index (χ4v) is 9.46.